The fourth-order valence-electron chi connectivity index (χ4n) is 3.87. The van der Waals surface area contributed by atoms with E-state index in [9.17, 15) is 4.55 Å². The average molecular weight is 447 g/mol. The summed E-state index contributed by atoms with van der Waals surface area (Å²) in [4.78, 5) is 4.71. The number of nitrogens with zero attached hydrogens (tertiary/aromatic N) is 3. The number of para-hydroxylation sites is 1. The van der Waals surface area contributed by atoms with E-state index >= 15 is 0 Å². The van der Waals surface area contributed by atoms with Gasteiger partial charge < -0.3 is 4.55 Å². The quantitative estimate of drug-likeness (QED) is 0.409. The number of rotatable bonds is 6. The highest BCUT2D eigenvalue weighted by Gasteiger charge is 2.31. The van der Waals surface area contributed by atoms with Crippen LogP contribution in [0.1, 0.15) is 43.8 Å². The molecule has 5 nitrogen and oxygen atoms in total. The highest BCUT2D eigenvalue weighted by atomic mass is 32.2. The molecule has 1 unspecified atom stereocenters. The lowest BCUT2D eigenvalue weighted by atomic mass is 9.94. The number of benzene rings is 2. The summed E-state index contributed by atoms with van der Waals surface area (Å²) in [6.07, 6.45) is 0.630. The molecule has 0 bridgehead atoms. The number of aryl methyl sites for hydroxylation is 2. The molecule has 6 heteroatoms. The van der Waals surface area contributed by atoms with E-state index in [0.717, 1.165) is 39.1 Å². The Labute approximate surface area is 193 Å². The van der Waals surface area contributed by atoms with Gasteiger partial charge in [0, 0.05) is 47.2 Å². The molecular weight excluding hydrogens is 416 g/mol. The second-order valence-electron chi connectivity index (χ2n) is 9.10. The third-order valence-corrected chi connectivity index (χ3v) is 7.12. The van der Waals surface area contributed by atoms with E-state index in [-0.39, 0.29) is 10.8 Å². The zero-order valence-electron chi connectivity index (χ0n) is 19.3. The highest BCUT2D eigenvalue weighted by molar-refractivity contribution is 7.90. The summed E-state index contributed by atoms with van der Waals surface area (Å²) in [6, 6.07) is 22.4. The molecule has 2 aromatic heterocycles. The minimum absolute atomic E-state index is 0.179. The Morgan fingerprint density at radius 2 is 1.72 bits per heavy atom. The van der Waals surface area contributed by atoms with Crippen LogP contribution in [-0.4, -0.2) is 24.1 Å². The Kier molecular flexibility index (Phi) is 6.38. The van der Waals surface area contributed by atoms with Gasteiger partial charge in [0.05, 0.1) is 11.6 Å². The Hall–Kier alpha value is -2.67. The Bertz CT molecular complexity index is 1230. The molecule has 0 spiro atoms. The summed E-state index contributed by atoms with van der Waals surface area (Å²) in [5.74, 6) is 0. The van der Waals surface area contributed by atoms with Crippen LogP contribution in [0, 0.1) is 6.92 Å². The first kappa shape index (κ1) is 22.5. The minimum atomic E-state index is -1.24. The van der Waals surface area contributed by atoms with Gasteiger partial charge in [0.15, 0.2) is 0 Å². The van der Waals surface area contributed by atoms with Crippen LogP contribution in [-0.2, 0) is 24.8 Å². The number of hydrogen-bond donors (Lipinski definition) is 1. The van der Waals surface area contributed by atoms with Gasteiger partial charge in [-0.2, -0.15) is 5.10 Å². The first-order valence-electron chi connectivity index (χ1n) is 10.9. The van der Waals surface area contributed by atoms with Crippen molar-refractivity contribution in [2.45, 2.75) is 44.9 Å². The van der Waals surface area contributed by atoms with Crippen molar-refractivity contribution in [1.82, 2.24) is 19.5 Å². The lowest BCUT2D eigenvalue weighted by molar-refractivity contribution is 0.521. The smallest absolute Gasteiger partial charge is 0.136 e. The number of aromatic nitrogens is 3. The van der Waals surface area contributed by atoms with Crippen molar-refractivity contribution in [3.8, 4) is 11.3 Å². The summed E-state index contributed by atoms with van der Waals surface area (Å²) in [5, 5.41) is 5.95. The van der Waals surface area contributed by atoms with Gasteiger partial charge in [-0.05, 0) is 51.5 Å². The molecule has 0 saturated carbocycles. The molecule has 0 aliphatic heterocycles. The average Bonchev–Trinajstić information content (AvgIpc) is 3.09. The molecule has 1 N–H and O–H groups in total. The van der Waals surface area contributed by atoms with Crippen LogP contribution in [0.25, 0.3) is 22.2 Å². The van der Waals surface area contributed by atoms with Crippen molar-refractivity contribution in [1.29, 1.82) is 0 Å². The predicted molar refractivity (Wildman–Crippen MR) is 133 cm³/mol. The molecule has 4 aromatic rings. The van der Waals surface area contributed by atoms with Crippen LogP contribution < -0.4 is 4.72 Å². The Morgan fingerprint density at radius 1 is 1.00 bits per heavy atom. The van der Waals surface area contributed by atoms with Gasteiger partial charge in [0.2, 0.25) is 0 Å². The zero-order chi connectivity index (χ0) is 22.9. The van der Waals surface area contributed by atoms with Gasteiger partial charge >= 0.3 is 0 Å². The molecule has 2 heterocycles. The first-order chi connectivity index (χ1) is 15.2. The maximum absolute atomic E-state index is 13.1. The van der Waals surface area contributed by atoms with Gasteiger partial charge in [-0.3, -0.25) is 9.67 Å². The molecular formula is C26H30N4OS. The molecule has 32 heavy (non-hydrogen) atoms. The van der Waals surface area contributed by atoms with Crippen LogP contribution in [0.15, 0.2) is 66.7 Å². The van der Waals surface area contributed by atoms with Gasteiger partial charge in [-0.15, -0.1) is 4.72 Å². The normalized spacial score (nSPS) is 13.9. The van der Waals surface area contributed by atoms with E-state index in [2.05, 4.69) is 29.0 Å². The van der Waals surface area contributed by atoms with Crippen LogP contribution in [0.4, 0.5) is 0 Å². The van der Waals surface area contributed by atoms with E-state index in [1.807, 2.05) is 81.9 Å². The summed E-state index contributed by atoms with van der Waals surface area (Å²) in [7, 11) is 1.97. The standard InChI is InChI=1S/C26H30N4OS/c1-18-11-10-12-19(27-18)17-23(29-32(31)26(2,3)4)20-13-6-7-14-21(20)25-22-15-8-9-16-24(22)30(5)28-25/h6-16,23,29H,17H2,1-5H3/t23?,32-/m0/s1. The molecule has 2 aromatic carbocycles. The second-order valence-corrected chi connectivity index (χ2v) is 11.1. The SMILES string of the molecule is Cc1cccc(CC(N[S@@+]([O-])C(C)(C)C)c2ccccc2-c2nn(C)c3ccccc23)n1. The molecule has 0 saturated heterocycles. The summed E-state index contributed by atoms with van der Waals surface area (Å²) in [6.45, 7) is 7.94. The predicted octanol–water partition coefficient (Wildman–Crippen LogP) is 5.28. The number of nitrogens with one attached hydrogen (secondary N) is 1. The van der Waals surface area contributed by atoms with E-state index < -0.39 is 11.4 Å². The molecule has 0 radical (unpaired) electrons. The summed E-state index contributed by atoms with van der Waals surface area (Å²) in [5.41, 5.74) is 6.07. The Balaban J connectivity index is 1.82. The first-order valence-corrected chi connectivity index (χ1v) is 12.0. The van der Waals surface area contributed by atoms with Crippen LogP contribution >= 0.6 is 0 Å². The fraction of sp³-hybridized carbons (Fsp3) is 0.308. The van der Waals surface area contributed by atoms with E-state index in [4.69, 9.17) is 10.1 Å². The van der Waals surface area contributed by atoms with Crippen molar-refractivity contribution in [3.05, 3.63) is 83.7 Å². The molecule has 0 aliphatic carbocycles. The molecule has 0 fully saturated rings. The fourth-order valence-corrected chi connectivity index (χ4v) is 4.69. The summed E-state index contributed by atoms with van der Waals surface area (Å²) >= 11 is -1.24. The highest BCUT2D eigenvalue weighted by Crippen LogP contribution is 2.34. The molecule has 166 valence electrons. The maximum Gasteiger partial charge on any atom is 0.136 e. The van der Waals surface area contributed by atoms with Crippen LogP contribution in [0.2, 0.25) is 0 Å². The van der Waals surface area contributed by atoms with Gasteiger partial charge in [0.25, 0.3) is 0 Å². The third-order valence-electron chi connectivity index (χ3n) is 5.51. The van der Waals surface area contributed by atoms with Crippen molar-refractivity contribution < 1.29 is 4.55 Å². The van der Waals surface area contributed by atoms with Crippen molar-refractivity contribution in [2.75, 3.05) is 0 Å². The molecule has 2 atom stereocenters. The molecule has 4 rings (SSSR count). The largest absolute Gasteiger partial charge is 0.598 e. The van der Waals surface area contributed by atoms with Gasteiger partial charge in [-0.25, -0.2) is 0 Å². The van der Waals surface area contributed by atoms with E-state index in [0.29, 0.717) is 6.42 Å². The number of fused-ring (bicyclic) bond motifs is 1. The van der Waals surface area contributed by atoms with Crippen LogP contribution in [0.3, 0.4) is 0 Å². The zero-order valence-corrected chi connectivity index (χ0v) is 20.1. The topological polar surface area (TPSA) is 65.8 Å². The lowest BCUT2D eigenvalue weighted by Gasteiger charge is -2.29. The van der Waals surface area contributed by atoms with Gasteiger partial charge in [-0.1, -0.05) is 48.5 Å². The monoisotopic (exact) mass is 446 g/mol. The number of hydrogen-bond acceptors (Lipinski definition) is 4. The van der Waals surface area contributed by atoms with Crippen molar-refractivity contribution in [2.24, 2.45) is 7.05 Å². The van der Waals surface area contributed by atoms with Crippen molar-refractivity contribution >= 4 is 22.3 Å². The lowest BCUT2D eigenvalue weighted by Crippen LogP contribution is -2.42. The third kappa shape index (κ3) is 4.72. The minimum Gasteiger partial charge on any atom is -0.598 e. The Morgan fingerprint density at radius 3 is 2.47 bits per heavy atom. The number of pyridine rings is 1. The maximum atomic E-state index is 13.1. The second kappa shape index (κ2) is 9.06. The van der Waals surface area contributed by atoms with E-state index in [1.165, 1.54) is 0 Å². The van der Waals surface area contributed by atoms with Crippen molar-refractivity contribution in [3.63, 3.8) is 0 Å². The molecule has 0 amide bonds. The summed E-state index contributed by atoms with van der Waals surface area (Å²) < 4.78 is 18.1. The van der Waals surface area contributed by atoms with Crippen LogP contribution in [0.5, 0.6) is 0 Å². The van der Waals surface area contributed by atoms with Gasteiger partial charge in [0.1, 0.15) is 10.4 Å². The molecule has 0 aliphatic rings. The van der Waals surface area contributed by atoms with E-state index in [1.54, 1.807) is 0 Å².